The SMILES string of the molecule is CSCCC(C)(CNC(C)C)C1CC1. The van der Waals surface area contributed by atoms with Crippen molar-refractivity contribution in [3.05, 3.63) is 0 Å². The minimum atomic E-state index is 0.563. The summed E-state index contributed by atoms with van der Waals surface area (Å²) in [6, 6.07) is 0.627. The van der Waals surface area contributed by atoms with Crippen LogP contribution in [-0.2, 0) is 0 Å². The van der Waals surface area contributed by atoms with Crippen LogP contribution in [-0.4, -0.2) is 24.6 Å². The van der Waals surface area contributed by atoms with Crippen molar-refractivity contribution in [2.75, 3.05) is 18.6 Å². The van der Waals surface area contributed by atoms with Gasteiger partial charge >= 0.3 is 0 Å². The molecule has 1 atom stereocenters. The van der Waals surface area contributed by atoms with Crippen LogP contribution in [0.2, 0.25) is 0 Å². The second-order valence-corrected chi connectivity index (χ2v) is 6.19. The Kier molecular flexibility index (Phi) is 4.78. The van der Waals surface area contributed by atoms with Crippen LogP contribution in [0.5, 0.6) is 0 Å². The van der Waals surface area contributed by atoms with E-state index >= 15 is 0 Å². The molecule has 0 spiro atoms. The van der Waals surface area contributed by atoms with Gasteiger partial charge in [-0.3, -0.25) is 0 Å². The molecule has 1 fully saturated rings. The summed E-state index contributed by atoms with van der Waals surface area (Å²) in [5, 5.41) is 3.61. The van der Waals surface area contributed by atoms with Crippen LogP contribution in [0.1, 0.15) is 40.0 Å². The second kappa shape index (κ2) is 5.41. The first-order chi connectivity index (χ1) is 6.58. The van der Waals surface area contributed by atoms with Crippen molar-refractivity contribution >= 4 is 11.8 Å². The molecular weight excluding hydrogens is 190 g/mol. The minimum Gasteiger partial charge on any atom is -0.314 e. The molecule has 0 radical (unpaired) electrons. The van der Waals surface area contributed by atoms with Gasteiger partial charge in [-0.15, -0.1) is 0 Å². The first-order valence-electron chi connectivity index (χ1n) is 5.81. The number of hydrogen-bond acceptors (Lipinski definition) is 2. The Morgan fingerprint density at radius 1 is 1.43 bits per heavy atom. The van der Waals surface area contributed by atoms with Crippen LogP contribution in [0.15, 0.2) is 0 Å². The molecule has 1 unspecified atom stereocenters. The molecule has 0 aromatic carbocycles. The van der Waals surface area contributed by atoms with Gasteiger partial charge in [-0.1, -0.05) is 20.8 Å². The van der Waals surface area contributed by atoms with Gasteiger partial charge < -0.3 is 5.32 Å². The first kappa shape index (κ1) is 12.4. The molecule has 0 aromatic rings. The molecule has 1 aliphatic rings. The zero-order valence-electron chi connectivity index (χ0n) is 10.1. The van der Waals surface area contributed by atoms with E-state index in [1.807, 2.05) is 11.8 Å². The maximum Gasteiger partial charge on any atom is 0.00106 e. The van der Waals surface area contributed by atoms with E-state index in [0.717, 1.165) is 5.92 Å². The summed E-state index contributed by atoms with van der Waals surface area (Å²) in [5.41, 5.74) is 0.563. The van der Waals surface area contributed by atoms with Gasteiger partial charge in [0.15, 0.2) is 0 Å². The molecule has 0 aliphatic heterocycles. The van der Waals surface area contributed by atoms with Crippen molar-refractivity contribution in [3.8, 4) is 0 Å². The van der Waals surface area contributed by atoms with Crippen LogP contribution in [0.4, 0.5) is 0 Å². The van der Waals surface area contributed by atoms with Gasteiger partial charge in [0.25, 0.3) is 0 Å². The summed E-state index contributed by atoms with van der Waals surface area (Å²) in [5.74, 6) is 2.31. The van der Waals surface area contributed by atoms with Gasteiger partial charge in [0.2, 0.25) is 0 Å². The van der Waals surface area contributed by atoms with Crippen molar-refractivity contribution in [1.82, 2.24) is 5.32 Å². The Balaban J connectivity index is 2.35. The summed E-state index contributed by atoms with van der Waals surface area (Å²) >= 11 is 1.98. The summed E-state index contributed by atoms with van der Waals surface area (Å²) in [4.78, 5) is 0. The average Bonchev–Trinajstić information content (AvgIpc) is 2.94. The molecule has 84 valence electrons. The van der Waals surface area contributed by atoms with Crippen LogP contribution >= 0.6 is 11.8 Å². The van der Waals surface area contributed by atoms with Crippen molar-refractivity contribution in [2.24, 2.45) is 11.3 Å². The van der Waals surface area contributed by atoms with Gasteiger partial charge in [-0.2, -0.15) is 11.8 Å². The smallest absolute Gasteiger partial charge is 0.00106 e. The quantitative estimate of drug-likeness (QED) is 0.700. The third kappa shape index (κ3) is 3.82. The van der Waals surface area contributed by atoms with E-state index in [1.54, 1.807) is 0 Å². The number of nitrogens with one attached hydrogen (secondary N) is 1. The van der Waals surface area contributed by atoms with E-state index in [9.17, 15) is 0 Å². The summed E-state index contributed by atoms with van der Waals surface area (Å²) < 4.78 is 0. The summed E-state index contributed by atoms with van der Waals surface area (Å²) in [6.45, 7) is 8.15. The van der Waals surface area contributed by atoms with E-state index in [2.05, 4.69) is 32.3 Å². The highest BCUT2D eigenvalue weighted by molar-refractivity contribution is 7.98. The lowest BCUT2D eigenvalue weighted by molar-refractivity contribution is 0.243. The van der Waals surface area contributed by atoms with Gasteiger partial charge in [0.1, 0.15) is 0 Å². The minimum absolute atomic E-state index is 0.563. The average molecular weight is 215 g/mol. The Morgan fingerprint density at radius 2 is 2.07 bits per heavy atom. The molecule has 0 heterocycles. The van der Waals surface area contributed by atoms with E-state index in [-0.39, 0.29) is 0 Å². The normalized spacial score (nSPS) is 21.2. The molecule has 1 nitrogen and oxygen atoms in total. The van der Waals surface area contributed by atoms with Crippen molar-refractivity contribution in [2.45, 2.75) is 46.1 Å². The molecule has 1 rings (SSSR count). The third-order valence-corrected chi connectivity index (χ3v) is 3.97. The highest BCUT2D eigenvalue weighted by atomic mass is 32.2. The van der Waals surface area contributed by atoms with Crippen molar-refractivity contribution < 1.29 is 0 Å². The zero-order chi connectivity index (χ0) is 10.6. The molecule has 0 bridgehead atoms. The van der Waals surface area contributed by atoms with E-state index in [1.165, 1.54) is 31.6 Å². The summed E-state index contributed by atoms with van der Waals surface area (Å²) in [7, 11) is 0. The Labute approximate surface area is 93.4 Å². The second-order valence-electron chi connectivity index (χ2n) is 5.21. The lowest BCUT2D eigenvalue weighted by Gasteiger charge is -2.31. The molecule has 14 heavy (non-hydrogen) atoms. The van der Waals surface area contributed by atoms with E-state index < -0.39 is 0 Å². The fourth-order valence-corrected chi connectivity index (χ4v) is 2.66. The van der Waals surface area contributed by atoms with E-state index in [4.69, 9.17) is 0 Å². The first-order valence-corrected chi connectivity index (χ1v) is 7.20. The highest BCUT2D eigenvalue weighted by Crippen LogP contribution is 2.47. The van der Waals surface area contributed by atoms with Crippen molar-refractivity contribution in [3.63, 3.8) is 0 Å². The van der Waals surface area contributed by atoms with Gasteiger partial charge in [0, 0.05) is 12.6 Å². The molecule has 1 saturated carbocycles. The third-order valence-electron chi connectivity index (χ3n) is 3.35. The van der Waals surface area contributed by atoms with Crippen molar-refractivity contribution in [1.29, 1.82) is 0 Å². The lowest BCUT2D eigenvalue weighted by Crippen LogP contribution is -2.37. The fraction of sp³-hybridized carbons (Fsp3) is 1.00. The molecule has 0 aromatic heterocycles. The monoisotopic (exact) mass is 215 g/mol. The largest absolute Gasteiger partial charge is 0.314 e. The standard InChI is InChI=1S/C12H25NS/c1-10(2)13-9-12(3,7-8-14-4)11-5-6-11/h10-11,13H,5-9H2,1-4H3. The molecule has 0 saturated heterocycles. The van der Waals surface area contributed by atoms with Crippen LogP contribution in [0, 0.1) is 11.3 Å². The zero-order valence-corrected chi connectivity index (χ0v) is 10.9. The molecule has 1 aliphatic carbocycles. The number of thioether (sulfide) groups is 1. The predicted octanol–water partition coefficient (Wildman–Crippen LogP) is 3.15. The van der Waals surface area contributed by atoms with Crippen LogP contribution in [0.3, 0.4) is 0 Å². The highest BCUT2D eigenvalue weighted by Gasteiger charge is 2.40. The van der Waals surface area contributed by atoms with Crippen LogP contribution in [0.25, 0.3) is 0 Å². The molecule has 2 heteroatoms. The Hall–Kier alpha value is 0.310. The van der Waals surface area contributed by atoms with Gasteiger partial charge in [0.05, 0.1) is 0 Å². The Bertz CT molecular complexity index is 166. The van der Waals surface area contributed by atoms with E-state index in [0.29, 0.717) is 11.5 Å². The predicted molar refractivity (Wildman–Crippen MR) is 67.0 cm³/mol. The number of rotatable bonds is 7. The molecule has 0 amide bonds. The Morgan fingerprint density at radius 3 is 2.50 bits per heavy atom. The maximum absolute atomic E-state index is 3.61. The maximum atomic E-state index is 3.61. The molecule has 1 N–H and O–H groups in total. The number of hydrogen-bond donors (Lipinski definition) is 1. The topological polar surface area (TPSA) is 12.0 Å². The van der Waals surface area contributed by atoms with Gasteiger partial charge in [-0.05, 0) is 42.6 Å². The van der Waals surface area contributed by atoms with Crippen LogP contribution < -0.4 is 5.32 Å². The molecular formula is C12H25NS. The lowest BCUT2D eigenvalue weighted by atomic mass is 9.82. The van der Waals surface area contributed by atoms with Gasteiger partial charge in [-0.25, -0.2) is 0 Å². The summed E-state index contributed by atoms with van der Waals surface area (Å²) in [6.07, 6.45) is 6.51. The fourth-order valence-electron chi connectivity index (χ4n) is 1.99.